The van der Waals surface area contributed by atoms with Crippen LogP contribution in [0.25, 0.3) is 11.3 Å². The van der Waals surface area contributed by atoms with E-state index < -0.39 is 0 Å². The van der Waals surface area contributed by atoms with Crippen LogP contribution in [0.4, 0.5) is 5.82 Å². The van der Waals surface area contributed by atoms with Crippen molar-refractivity contribution in [2.45, 2.75) is 6.92 Å². The van der Waals surface area contributed by atoms with E-state index in [0.29, 0.717) is 16.1 Å². The summed E-state index contributed by atoms with van der Waals surface area (Å²) in [5.74, 6) is 1.72. The molecule has 2 N–H and O–H groups in total. The number of furan rings is 1. The summed E-state index contributed by atoms with van der Waals surface area (Å²) < 4.78 is 10.8. The van der Waals surface area contributed by atoms with Crippen molar-refractivity contribution in [3.8, 4) is 11.3 Å². The van der Waals surface area contributed by atoms with Gasteiger partial charge in [-0.1, -0.05) is 5.16 Å². The molecule has 0 aliphatic carbocycles. The first-order chi connectivity index (χ1) is 6.20. The molecule has 2 rings (SSSR count). The molecule has 0 unspecified atom stereocenters. The minimum Gasteiger partial charge on any atom is -0.469 e. The molecule has 0 saturated carbocycles. The van der Waals surface area contributed by atoms with E-state index in [-0.39, 0.29) is 0 Å². The van der Waals surface area contributed by atoms with Crippen molar-refractivity contribution in [1.29, 1.82) is 0 Å². The van der Waals surface area contributed by atoms with E-state index in [0.717, 1.165) is 11.3 Å². The minimum absolute atomic E-state index is 0.343. The molecule has 2 aromatic heterocycles. The standard InChI is InChI=1S/C8H7BrN2O2/c1-4-5(2-3-12-4)7-6(9)8(10)11-13-7/h2-3H,1H3,(H2,10,11). The third-order valence-corrected chi connectivity index (χ3v) is 2.53. The van der Waals surface area contributed by atoms with Crippen LogP contribution >= 0.6 is 15.9 Å². The van der Waals surface area contributed by atoms with E-state index in [1.165, 1.54) is 0 Å². The van der Waals surface area contributed by atoms with Crippen molar-refractivity contribution in [2.75, 3.05) is 5.73 Å². The maximum Gasteiger partial charge on any atom is 0.186 e. The zero-order valence-corrected chi connectivity index (χ0v) is 8.46. The van der Waals surface area contributed by atoms with Gasteiger partial charge < -0.3 is 14.7 Å². The van der Waals surface area contributed by atoms with Gasteiger partial charge in [-0.15, -0.1) is 0 Å². The van der Waals surface area contributed by atoms with Gasteiger partial charge in [0.15, 0.2) is 11.6 Å². The van der Waals surface area contributed by atoms with Crippen molar-refractivity contribution in [1.82, 2.24) is 5.16 Å². The molecule has 0 aromatic carbocycles. The van der Waals surface area contributed by atoms with Crippen molar-refractivity contribution >= 4 is 21.7 Å². The van der Waals surface area contributed by atoms with E-state index >= 15 is 0 Å². The molecule has 0 aliphatic rings. The van der Waals surface area contributed by atoms with E-state index in [1.807, 2.05) is 6.92 Å². The van der Waals surface area contributed by atoms with Crippen LogP contribution in [0.1, 0.15) is 5.76 Å². The predicted octanol–water partition coefficient (Wildman–Crippen LogP) is 2.59. The van der Waals surface area contributed by atoms with Crippen molar-refractivity contribution in [3.63, 3.8) is 0 Å². The number of halogens is 1. The van der Waals surface area contributed by atoms with E-state index in [9.17, 15) is 0 Å². The largest absolute Gasteiger partial charge is 0.469 e. The topological polar surface area (TPSA) is 65.2 Å². The van der Waals surface area contributed by atoms with E-state index in [4.69, 9.17) is 14.7 Å². The monoisotopic (exact) mass is 242 g/mol. The van der Waals surface area contributed by atoms with Crippen LogP contribution in [0.3, 0.4) is 0 Å². The Morgan fingerprint density at radius 2 is 2.31 bits per heavy atom. The first kappa shape index (κ1) is 8.37. The number of aryl methyl sites for hydroxylation is 1. The van der Waals surface area contributed by atoms with Crippen molar-refractivity contribution in [3.05, 3.63) is 22.6 Å². The SMILES string of the molecule is Cc1occc1-c1onc(N)c1Br. The van der Waals surface area contributed by atoms with Gasteiger partial charge in [0.25, 0.3) is 0 Å². The quantitative estimate of drug-likeness (QED) is 0.835. The third kappa shape index (κ3) is 1.25. The molecule has 4 nitrogen and oxygen atoms in total. The summed E-state index contributed by atoms with van der Waals surface area (Å²) >= 11 is 3.28. The fourth-order valence-corrected chi connectivity index (χ4v) is 1.44. The summed E-state index contributed by atoms with van der Waals surface area (Å²) in [6, 6.07) is 1.81. The number of hydrogen-bond donors (Lipinski definition) is 1. The molecule has 0 radical (unpaired) electrons. The highest BCUT2D eigenvalue weighted by Crippen LogP contribution is 2.34. The average molecular weight is 243 g/mol. The fraction of sp³-hybridized carbons (Fsp3) is 0.125. The summed E-state index contributed by atoms with van der Waals surface area (Å²) in [7, 11) is 0. The lowest BCUT2D eigenvalue weighted by molar-refractivity contribution is 0.433. The molecule has 2 aromatic rings. The highest BCUT2D eigenvalue weighted by atomic mass is 79.9. The highest BCUT2D eigenvalue weighted by Gasteiger charge is 2.16. The number of rotatable bonds is 1. The molecule has 0 atom stereocenters. The number of anilines is 1. The molecule has 0 bridgehead atoms. The molecule has 68 valence electrons. The van der Waals surface area contributed by atoms with Crippen molar-refractivity contribution < 1.29 is 8.94 Å². The lowest BCUT2D eigenvalue weighted by atomic mass is 10.2. The van der Waals surface area contributed by atoms with Gasteiger partial charge in [-0.05, 0) is 28.9 Å². The highest BCUT2D eigenvalue weighted by molar-refractivity contribution is 9.10. The molecule has 5 heteroatoms. The maximum absolute atomic E-state index is 5.51. The molecule has 0 spiro atoms. The number of aromatic nitrogens is 1. The normalized spacial score (nSPS) is 10.6. The van der Waals surface area contributed by atoms with Gasteiger partial charge in [-0.2, -0.15) is 0 Å². The summed E-state index contributed by atoms with van der Waals surface area (Å²) in [4.78, 5) is 0. The van der Waals surface area contributed by atoms with Crippen LogP contribution < -0.4 is 5.73 Å². The number of nitrogens with two attached hydrogens (primary N) is 1. The predicted molar refractivity (Wildman–Crippen MR) is 51.1 cm³/mol. The summed E-state index contributed by atoms with van der Waals surface area (Å²) in [6.45, 7) is 1.85. The average Bonchev–Trinajstić information content (AvgIpc) is 2.62. The fourth-order valence-electron chi connectivity index (χ4n) is 1.08. The second-order valence-electron chi connectivity index (χ2n) is 2.60. The Kier molecular flexibility index (Phi) is 1.88. The second-order valence-corrected chi connectivity index (χ2v) is 3.39. The Morgan fingerprint density at radius 3 is 2.77 bits per heavy atom. The summed E-state index contributed by atoms with van der Waals surface area (Å²) in [5.41, 5.74) is 6.37. The first-order valence-electron chi connectivity index (χ1n) is 3.65. The van der Waals surface area contributed by atoms with Gasteiger partial charge in [0.2, 0.25) is 0 Å². The van der Waals surface area contributed by atoms with Crippen LogP contribution in [0, 0.1) is 6.92 Å². The lowest BCUT2D eigenvalue weighted by Gasteiger charge is -1.91. The minimum atomic E-state index is 0.343. The number of hydrogen-bond acceptors (Lipinski definition) is 4. The molecule has 2 heterocycles. The maximum atomic E-state index is 5.51. The Hall–Kier alpha value is -1.23. The van der Waals surface area contributed by atoms with Gasteiger partial charge in [0, 0.05) is 0 Å². The van der Waals surface area contributed by atoms with E-state index in [1.54, 1.807) is 12.3 Å². The van der Waals surface area contributed by atoms with Crippen molar-refractivity contribution in [2.24, 2.45) is 0 Å². The number of nitrogen functional groups attached to an aromatic ring is 1. The Balaban J connectivity index is 2.59. The number of nitrogens with zero attached hydrogens (tertiary/aromatic N) is 1. The first-order valence-corrected chi connectivity index (χ1v) is 4.44. The van der Waals surface area contributed by atoms with Gasteiger partial charge in [-0.25, -0.2) is 0 Å². The molecule has 0 saturated heterocycles. The van der Waals surface area contributed by atoms with Crippen LogP contribution in [0.2, 0.25) is 0 Å². The molecule has 0 amide bonds. The van der Waals surface area contributed by atoms with Gasteiger partial charge in [-0.3, -0.25) is 0 Å². The third-order valence-electron chi connectivity index (χ3n) is 1.76. The van der Waals surface area contributed by atoms with Gasteiger partial charge in [0.05, 0.1) is 11.8 Å². The smallest absolute Gasteiger partial charge is 0.186 e. The van der Waals surface area contributed by atoms with Crippen LogP contribution in [0.15, 0.2) is 25.7 Å². The zero-order valence-electron chi connectivity index (χ0n) is 6.87. The molecular weight excluding hydrogens is 236 g/mol. The second kappa shape index (κ2) is 2.92. The van der Waals surface area contributed by atoms with Crippen LogP contribution in [-0.4, -0.2) is 5.16 Å². The Labute approximate surface area is 82.8 Å². The summed E-state index contributed by atoms with van der Waals surface area (Å²) in [5, 5.41) is 3.63. The zero-order chi connectivity index (χ0) is 9.42. The lowest BCUT2D eigenvalue weighted by Crippen LogP contribution is -1.83. The van der Waals surface area contributed by atoms with Gasteiger partial charge >= 0.3 is 0 Å². The molecule has 0 aliphatic heterocycles. The van der Waals surface area contributed by atoms with Crippen LogP contribution in [-0.2, 0) is 0 Å². The Bertz CT molecular complexity index is 433. The van der Waals surface area contributed by atoms with Gasteiger partial charge in [0.1, 0.15) is 10.2 Å². The Morgan fingerprint density at radius 1 is 1.54 bits per heavy atom. The molecule has 13 heavy (non-hydrogen) atoms. The summed E-state index contributed by atoms with van der Waals surface area (Å²) in [6.07, 6.45) is 1.59. The molecular formula is C8H7BrN2O2. The van der Waals surface area contributed by atoms with E-state index in [2.05, 4.69) is 21.1 Å². The molecule has 0 fully saturated rings. The van der Waals surface area contributed by atoms with Crippen LogP contribution in [0.5, 0.6) is 0 Å².